The van der Waals surface area contributed by atoms with Gasteiger partial charge in [-0.15, -0.1) is 0 Å². The molecule has 0 aliphatic heterocycles. The Morgan fingerprint density at radius 3 is 2.57 bits per heavy atom. The monoisotopic (exact) mass is 307 g/mol. The fourth-order valence-electron chi connectivity index (χ4n) is 2.28. The van der Waals surface area contributed by atoms with Gasteiger partial charge < -0.3 is 9.88 Å². The summed E-state index contributed by atoms with van der Waals surface area (Å²) in [6.45, 7) is 2.53. The molecule has 0 unspecified atom stereocenters. The van der Waals surface area contributed by atoms with Gasteiger partial charge in [0.25, 0.3) is 10.0 Å². The molecule has 0 saturated heterocycles. The van der Waals surface area contributed by atoms with Crippen LogP contribution in [0.25, 0.3) is 0 Å². The molecule has 2 rings (SSSR count). The van der Waals surface area contributed by atoms with Gasteiger partial charge in [0.2, 0.25) is 0 Å². The lowest BCUT2D eigenvalue weighted by molar-refractivity contribution is 0.594. The number of sulfonamides is 1. The van der Waals surface area contributed by atoms with Crippen molar-refractivity contribution >= 4 is 15.7 Å². The third kappa shape index (κ3) is 2.96. The van der Waals surface area contributed by atoms with E-state index in [9.17, 15) is 8.42 Å². The number of hydrogen-bond donors (Lipinski definition) is 1. The van der Waals surface area contributed by atoms with E-state index in [-0.39, 0.29) is 0 Å². The summed E-state index contributed by atoms with van der Waals surface area (Å²) in [5, 5.41) is 3.03. The molecular formula is C15H21N3O2S. The highest BCUT2D eigenvalue weighted by Gasteiger charge is 2.24. The molecule has 0 amide bonds. The molecule has 0 bridgehead atoms. The van der Waals surface area contributed by atoms with Crippen molar-refractivity contribution in [2.45, 2.75) is 18.4 Å². The molecule has 2 aromatic rings. The Kier molecular flexibility index (Phi) is 4.39. The van der Waals surface area contributed by atoms with E-state index < -0.39 is 10.0 Å². The molecule has 0 atom stereocenters. The minimum atomic E-state index is -3.55. The Hall–Kier alpha value is -1.79. The lowest BCUT2D eigenvalue weighted by atomic mass is 10.2. The van der Waals surface area contributed by atoms with Gasteiger partial charge in [-0.25, -0.2) is 8.42 Å². The lowest BCUT2D eigenvalue weighted by Crippen LogP contribution is -2.26. The Morgan fingerprint density at radius 1 is 1.29 bits per heavy atom. The maximum atomic E-state index is 12.7. The number of aryl methyl sites for hydroxylation is 2. The van der Waals surface area contributed by atoms with E-state index in [1.165, 1.54) is 4.31 Å². The van der Waals surface area contributed by atoms with E-state index in [4.69, 9.17) is 0 Å². The van der Waals surface area contributed by atoms with E-state index in [0.29, 0.717) is 17.1 Å². The number of aromatic nitrogens is 1. The molecule has 0 aliphatic carbocycles. The first-order chi connectivity index (χ1) is 9.87. The van der Waals surface area contributed by atoms with Crippen LogP contribution in [0, 0.1) is 6.92 Å². The van der Waals surface area contributed by atoms with Crippen LogP contribution in [0.1, 0.15) is 11.3 Å². The van der Waals surface area contributed by atoms with Gasteiger partial charge in [0, 0.05) is 32.5 Å². The number of benzene rings is 1. The van der Waals surface area contributed by atoms with Gasteiger partial charge in [0.1, 0.15) is 4.90 Å². The Balaban J connectivity index is 2.42. The molecule has 1 aromatic carbocycles. The third-order valence-electron chi connectivity index (χ3n) is 3.55. The molecule has 21 heavy (non-hydrogen) atoms. The number of anilines is 1. The Bertz CT molecular complexity index is 735. The largest absolute Gasteiger partial charge is 0.352 e. The van der Waals surface area contributed by atoms with Crippen LogP contribution < -0.4 is 9.62 Å². The Labute approximate surface area is 126 Å². The van der Waals surface area contributed by atoms with Crippen molar-refractivity contribution in [3.63, 3.8) is 0 Å². The van der Waals surface area contributed by atoms with Crippen LogP contribution in [0.3, 0.4) is 0 Å². The van der Waals surface area contributed by atoms with Crippen LogP contribution in [0.15, 0.2) is 41.4 Å². The maximum Gasteiger partial charge on any atom is 0.265 e. The summed E-state index contributed by atoms with van der Waals surface area (Å²) in [6, 6.07) is 9.16. The van der Waals surface area contributed by atoms with Gasteiger partial charge in [-0.05, 0) is 31.7 Å². The molecule has 0 saturated carbocycles. The quantitative estimate of drug-likeness (QED) is 0.917. The van der Waals surface area contributed by atoms with Crippen LogP contribution in [0.4, 0.5) is 5.69 Å². The van der Waals surface area contributed by atoms with Crippen molar-refractivity contribution in [2.24, 2.45) is 7.05 Å². The summed E-state index contributed by atoms with van der Waals surface area (Å²) in [5.74, 6) is 0. The van der Waals surface area contributed by atoms with E-state index >= 15 is 0 Å². The van der Waals surface area contributed by atoms with Crippen molar-refractivity contribution in [2.75, 3.05) is 18.4 Å². The van der Waals surface area contributed by atoms with Gasteiger partial charge in [0.15, 0.2) is 0 Å². The summed E-state index contributed by atoms with van der Waals surface area (Å²) in [7, 11) is 1.72. The van der Waals surface area contributed by atoms with Gasteiger partial charge >= 0.3 is 0 Å². The van der Waals surface area contributed by atoms with Gasteiger partial charge in [-0.2, -0.15) is 0 Å². The first-order valence-electron chi connectivity index (χ1n) is 6.72. The first kappa shape index (κ1) is 15.6. The number of para-hydroxylation sites is 1. The van der Waals surface area contributed by atoms with Crippen LogP contribution in [-0.4, -0.2) is 27.1 Å². The highest BCUT2D eigenvalue weighted by Crippen LogP contribution is 2.25. The Morgan fingerprint density at radius 2 is 1.95 bits per heavy atom. The van der Waals surface area contributed by atoms with Gasteiger partial charge in [-0.1, -0.05) is 18.2 Å². The van der Waals surface area contributed by atoms with Crippen LogP contribution in [0.5, 0.6) is 0 Å². The normalized spacial score (nSPS) is 11.6. The van der Waals surface area contributed by atoms with Gasteiger partial charge in [0.05, 0.1) is 5.69 Å². The fraction of sp³-hybridized carbons (Fsp3) is 0.333. The second kappa shape index (κ2) is 5.91. The summed E-state index contributed by atoms with van der Waals surface area (Å²) in [6.07, 6.45) is 1.65. The van der Waals surface area contributed by atoms with Gasteiger partial charge in [-0.3, -0.25) is 4.31 Å². The highest BCUT2D eigenvalue weighted by molar-refractivity contribution is 7.92. The standard InChI is InChI=1S/C15H21N3O2S/c1-12-7-5-6-8-15(12)18(4)21(19,20)14-9-13(10-16-2)17(3)11-14/h5-9,11,16H,10H2,1-4H3. The summed E-state index contributed by atoms with van der Waals surface area (Å²) >= 11 is 0. The number of hydrogen-bond acceptors (Lipinski definition) is 3. The molecule has 6 heteroatoms. The maximum absolute atomic E-state index is 12.7. The topological polar surface area (TPSA) is 54.3 Å². The average Bonchev–Trinajstić information content (AvgIpc) is 2.81. The molecule has 0 radical (unpaired) electrons. The molecule has 5 nitrogen and oxygen atoms in total. The smallest absolute Gasteiger partial charge is 0.265 e. The van der Waals surface area contributed by atoms with E-state index in [1.807, 2.05) is 49.9 Å². The summed E-state index contributed by atoms with van der Waals surface area (Å²) in [4.78, 5) is 0.306. The number of rotatable bonds is 5. The van der Waals surface area contributed by atoms with E-state index in [1.54, 1.807) is 19.3 Å². The van der Waals surface area contributed by atoms with Crippen LogP contribution >= 0.6 is 0 Å². The average molecular weight is 307 g/mol. The molecule has 0 fully saturated rings. The molecule has 0 aliphatic rings. The second-order valence-electron chi connectivity index (χ2n) is 5.07. The zero-order valence-electron chi connectivity index (χ0n) is 12.8. The minimum Gasteiger partial charge on any atom is -0.352 e. The van der Waals surface area contributed by atoms with Crippen LogP contribution in [0.2, 0.25) is 0 Å². The molecule has 1 heterocycles. The summed E-state index contributed by atoms with van der Waals surface area (Å²) < 4.78 is 28.7. The van der Waals surface area contributed by atoms with Crippen LogP contribution in [-0.2, 0) is 23.6 Å². The van der Waals surface area contributed by atoms with Crippen molar-refractivity contribution in [3.8, 4) is 0 Å². The number of nitrogens with one attached hydrogen (secondary N) is 1. The molecule has 0 spiro atoms. The van der Waals surface area contributed by atoms with Crippen molar-refractivity contribution in [1.29, 1.82) is 0 Å². The summed E-state index contributed by atoms with van der Waals surface area (Å²) in [5.41, 5.74) is 2.54. The molecule has 114 valence electrons. The zero-order valence-corrected chi connectivity index (χ0v) is 13.6. The predicted octanol–water partition coefficient (Wildman–Crippen LogP) is 1.88. The van der Waals surface area contributed by atoms with Crippen molar-refractivity contribution in [1.82, 2.24) is 9.88 Å². The lowest BCUT2D eigenvalue weighted by Gasteiger charge is -2.20. The van der Waals surface area contributed by atoms with Crippen molar-refractivity contribution < 1.29 is 8.42 Å². The van der Waals surface area contributed by atoms with E-state index in [0.717, 1.165) is 11.3 Å². The second-order valence-corrected chi connectivity index (χ2v) is 7.04. The van der Waals surface area contributed by atoms with E-state index in [2.05, 4.69) is 5.32 Å². The minimum absolute atomic E-state index is 0.306. The molecule has 1 aromatic heterocycles. The molecule has 1 N–H and O–H groups in total. The highest BCUT2D eigenvalue weighted by atomic mass is 32.2. The first-order valence-corrected chi connectivity index (χ1v) is 8.16. The fourth-order valence-corrected chi connectivity index (χ4v) is 3.64. The number of nitrogens with zero attached hydrogens (tertiary/aromatic N) is 2. The predicted molar refractivity (Wildman–Crippen MR) is 84.9 cm³/mol. The zero-order chi connectivity index (χ0) is 15.6. The van der Waals surface area contributed by atoms with Crippen molar-refractivity contribution in [3.05, 3.63) is 47.8 Å². The third-order valence-corrected chi connectivity index (χ3v) is 5.29. The SMILES string of the molecule is CNCc1cc(S(=O)(=O)N(C)c2ccccc2C)cn1C. The molecular weight excluding hydrogens is 286 g/mol.